The number of halogens is 2. The van der Waals surface area contributed by atoms with Crippen molar-refractivity contribution < 1.29 is 13.6 Å². The molecule has 4 unspecified atom stereocenters. The normalized spacial score (nSPS) is 25.2. The van der Waals surface area contributed by atoms with Crippen LogP contribution in [0.3, 0.4) is 0 Å². The SMILES string of the molecule is CCC(C)C(C)N1C(=O)C(C)NC1c1ccc(F)cc1F. The van der Waals surface area contributed by atoms with Crippen molar-refractivity contribution in [3.05, 3.63) is 35.4 Å². The van der Waals surface area contributed by atoms with E-state index in [1.54, 1.807) is 11.8 Å². The molecule has 1 N–H and O–H groups in total. The lowest BCUT2D eigenvalue weighted by molar-refractivity contribution is -0.132. The molecule has 0 saturated carbocycles. The molecule has 0 spiro atoms. The molecule has 0 aromatic heterocycles. The molecular weight excluding hydrogens is 274 g/mol. The van der Waals surface area contributed by atoms with E-state index in [4.69, 9.17) is 0 Å². The van der Waals surface area contributed by atoms with Crippen LogP contribution in [0.2, 0.25) is 0 Å². The number of hydrogen-bond donors (Lipinski definition) is 1. The lowest BCUT2D eigenvalue weighted by Crippen LogP contribution is -2.42. The van der Waals surface area contributed by atoms with Crippen LogP contribution >= 0.6 is 0 Å². The zero-order valence-electron chi connectivity index (χ0n) is 12.9. The summed E-state index contributed by atoms with van der Waals surface area (Å²) in [6.45, 7) is 7.87. The van der Waals surface area contributed by atoms with Crippen LogP contribution in [0.25, 0.3) is 0 Å². The highest BCUT2D eigenvalue weighted by atomic mass is 19.1. The van der Waals surface area contributed by atoms with E-state index in [0.29, 0.717) is 11.5 Å². The summed E-state index contributed by atoms with van der Waals surface area (Å²) < 4.78 is 27.1. The summed E-state index contributed by atoms with van der Waals surface area (Å²) in [5.74, 6) is -0.991. The van der Waals surface area contributed by atoms with E-state index in [1.165, 1.54) is 12.1 Å². The predicted molar refractivity (Wildman–Crippen MR) is 77.5 cm³/mol. The van der Waals surface area contributed by atoms with Gasteiger partial charge in [0.05, 0.1) is 6.04 Å². The predicted octanol–water partition coefficient (Wildman–Crippen LogP) is 3.22. The Bertz CT molecular complexity index is 535. The molecule has 1 aliphatic rings. The van der Waals surface area contributed by atoms with Gasteiger partial charge in [0.15, 0.2) is 0 Å². The second-order valence-corrected chi connectivity index (χ2v) is 5.83. The highest BCUT2D eigenvalue weighted by Gasteiger charge is 2.41. The molecule has 21 heavy (non-hydrogen) atoms. The summed E-state index contributed by atoms with van der Waals surface area (Å²) in [4.78, 5) is 14.1. The second kappa shape index (κ2) is 6.10. The first-order valence-corrected chi connectivity index (χ1v) is 7.40. The van der Waals surface area contributed by atoms with Gasteiger partial charge in [0.2, 0.25) is 5.91 Å². The van der Waals surface area contributed by atoms with Crippen molar-refractivity contribution in [3.63, 3.8) is 0 Å². The summed E-state index contributed by atoms with van der Waals surface area (Å²) in [5, 5.41) is 3.10. The van der Waals surface area contributed by atoms with E-state index < -0.39 is 17.8 Å². The van der Waals surface area contributed by atoms with Gasteiger partial charge in [-0.2, -0.15) is 0 Å². The Morgan fingerprint density at radius 3 is 2.57 bits per heavy atom. The van der Waals surface area contributed by atoms with Gasteiger partial charge in [0.25, 0.3) is 0 Å². The van der Waals surface area contributed by atoms with E-state index in [9.17, 15) is 13.6 Å². The molecule has 0 radical (unpaired) electrons. The number of nitrogens with zero attached hydrogens (tertiary/aromatic N) is 1. The minimum atomic E-state index is -0.629. The van der Waals surface area contributed by atoms with Crippen LogP contribution in [0, 0.1) is 17.6 Å². The van der Waals surface area contributed by atoms with Crippen LogP contribution in [0.15, 0.2) is 18.2 Å². The zero-order chi connectivity index (χ0) is 15.7. The molecular formula is C16H22F2N2O. The Morgan fingerprint density at radius 1 is 1.33 bits per heavy atom. The summed E-state index contributed by atoms with van der Waals surface area (Å²) in [7, 11) is 0. The quantitative estimate of drug-likeness (QED) is 0.925. The molecule has 116 valence electrons. The third-order valence-corrected chi connectivity index (χ3v) is 4.47. The van der Waals surface area contributed by atoms with Gasteiger partial charge in [0.1, 0.15) is 17.8 Å². The van der Waals surface area contributed by atoms with Gasteiger partial charge < -0.3 is 4.90 Å². The number of nitrogens with one attached hydrogen (secondary N) is 1. The van der Waals surface area contributed by atoms with E-state index >= 15 is 0 Å². The fraction of sp³-hybridized carbons (Fsp3) is 0.562. The number of amides is 1. The Hall–Kier alpha value is -1.49. The third-order valence-electron chi connectivity index (χ3n) is 4.47. The number of hydrogen-bond acceptors (Lipinski definition) is 2. The average molecular weight is 296 g/mol. The fourth-order valence-electron chi connectivity index (χ4n) is 2.75. The smallest absolute Gasteiger partial charge is 0.241 e. The van der Waals surface area contributed by atoms with Gasteiger partial charge in [-0.3, -0.25) is 10.1 Å². The average Bonchev–Trinajstić information content (AvgIpc) is 2.73. The maximum atomic E-state index is 14.1. The van der Waals surface area contributed by atoms with Gasteiger partial charge in [-0.15, -0.1) is 0 Å². The Labute approximate surface area is 124 Å². The minimum absolute atomic E-state index is 0.0191. The van der Waals surface area contributed by atoms with Crippen molar-refractivity contribution in [3.8, 4) is 0 Å². The highest BCUT2D eigenvalue weighted by Crippen LogP contribution is 2.32. The van der Waals surface area contributed by atoms with Gasteiger partial charge >= 0.3 is 0 Å². The lowest BCUT2D eigenvalue weighted by Gasteiger charge is -2.34. The van der Waals surface area contributed by atoms with Crippen LogP contribution in [0.5, 0.6) is 0 Å². The standard InChI is InChI=1S/C16H22F2N2O/c1-5-9(2)11(4)20-15(19-10(3)16(20)21)13-7-6-12(17)8-14(13)18/h6-11,15,19H,5H2,1-4H3. The molecule has 1 fully saturated rings. The molecule has 1 amide bonds. The van der Waals surface area contributed by atoms with Gasteiger partial charge in [-0.1, -0.05) is 20.3 Å². The molecule has 2 rings (SSSR count). The molecule has 5 heteroatoms. The fourth-order valence-corrected chi connectivity index (χ4v) is 2.75. The largest absolute Gasteiger partial charge is 0.318 e. The summed E-state index contributed by atoms with van der Waals surface area (Å²) in [5.41, 5.74) is 0.309. The molecule has 1 aromatic rings. The summed E-state index contributed by atoms with van der Waals surface area (Å²) in [6, 6.07) is 3.10. The number of rotatable bonds is 4. The van der Waals surface area contributed by atoms with Crippen molar-refractivity contribution in [1.82, 2.24) is 10.2 Å². The molecule has 1 aromatic carbocycles. The van der Waals surface area contributed by atoms with Crippen molar-refractivity contribution in [2.45, 2.75) is 52.4 Å². The number of carbonyl (C=O) groups is 1. The van der Waals surface area contributed by atoms with Crippen LogP contribution in [0.1, 0.15) is 45.8 Å². The topological polar surface area (TPSA) is 32.3 Å². The molecule has 0 bridgehead atoms. The first-order chi connectivity index (χ1) is 9.86. The van der Waals surface area contributed by atoms with Crippen LogP contribution < -0.4 is 5.32 Å². The van der Waals surface area contributed by atoms with E-state index in [1.807, 2.05) is 6.92 Å². The van der Waals surface area contributed by atoms with Crippen molar-refractivity contribution in [1.29, 1.82) is 0 Å². The number of benzene rings is 1. The summed E-state index contributed by atoms with van der Waals surface area (Å²) >= 11 is 0. The molecule has 0 aliphatic carbocycles. The summed E-state index contributed by atoms with van der Waals surface area (Å²) in [6.07, 6.45) is 0.384. The van der Waals surface area contributed by atoms with Crippen LogP contribution in [-0.4, -0.2) is 22.9 Å². The zero-order valence-corrected chi connectivity index (χ0v) is 12.9. The van der Waals surface area contributed by atoms with Gasteiger partial charge in [-0.05, 0) is 31.9 Å². The minimum Gasteiger partial charge on any atom is -0.318 e. The maximum Gasteiger partial charge on any atom is 0.241 e. The molecule has 1 heterocycles. The maximum absolute atomic E-state index is 14.1. The molecule has 3 nitrogen and oxygen atoms in total. The van der Waals surface area contributed by atoms with Crippen LogP contribution in [0.4, 0.5) is 8.78 Å². The molecule has 4 atom stereocenters. The van der Waals surface area contributed by atoms with E-state index in [-0.39, 0.29) is 18.0 Å². The highest BCUT2D eigenvalue weighted by molar-refractivity contribution is 5.84. The van der Waals surface area contributed by atoms with Crippen molar-refractivity contribution in [2.24, 2.45) is 5.92 Å². The lowest BCUT2D eigenvalue weighted by atomic mass is 9.98. The Kier molecular flexibility index (Phi) is 4.61. The van der Waals surface area contributed by atoms with Gasteiger partial charge in [-0.25, -0.2) is 8.78 Å². The van der Waals surface area contributed by atoms with E-state index in [2.05, 4.69) is 19.2 Å². The van der Waals surface area contributed by atoms with Gasteiger partial charge in [0, 0.05) is 17.7 Å². The first kappa shape index (κ1) is 15.9. The first-order valence-electron chi connectivity index (χ1n) is 7.40. The Morgan fingerprint density at radius 2 is 2.00 bits per heavy atom. The third kappa shape index (κ3) is 2.93. The Balaban J connectivity index is 2.38. The number of carbonyl (C=O) groups excluding carboxylic acids is 1. The van der Waals surface area contributed by atoms with Crippen molar-refractivity contribution >= 4 is 5.91 Å². The molecule has 1 saturated heterocycles. The van der Waals surface area contributed by atoms with E-state index in [0.717, 1.165) is 12.5 Å². The molecule has 1 aliphatic heterocycles. The monoisotopic (exact) mass is 296 g/mol. The second-order valence-electron chi connectivity index (χ2n) is 5.83. The van der Waals surface area contributed by atoms with Crippen molar-refractivity contribution in [2.75, 3.05) is 0 Å². The van der Waals surface area contributed by atoms with Crippen LogP contribution in [-0.2, 0) is 4.79 Å².